The molecule has 0 aliphatic heterocycles. The molecule has 1 unspecified atom stereocenters. The normalized spacial score (nSPS) is 12.8. The van der Waals surface area contributed by atoms with Crippen LogP contribution in [0.25, 0.3) is 11.0 Å². The van der Waals surface area contributed by atoms with Crippen molar-refractivity contribution in [3.63, 3.8) is 0 Å². The fourth-order valence-corrected chi connectivity index (χ4v) is 4.46. The molecule has 0 bridgehead atoms. The van der Waals surface area contributed by atoms with Gasteiger partial charge in [-0.1, -0.05) is 41.6 Å². The molecular weight excluding hydrogens is 380 g/mol. The molecule has 27 heavy (non-hydrogen) atoms. The summed E-state index contributed by atoms with van der Waals surface area (Å²) in [6.07, 6.45) is 0.608. The monoisotopic (exact) mass is 400 g/mol. The summed E-state index contributed by atoms with van der Waals surface area (Å²) in [4.78, 5) is 4.59. The predicted octanol–water partition coefficient (Wildman–Crippen LogP) is 3.24. The van der Waals surface area contributed by atoms with E-state index in [2.05, 4.69) is 11.1 Å². The molecule has 0 saturated carbocycles. The summed E-state index contributed by atoms with van der Waals surface area (Å²) in [5.74, 6) is 0. The number of rotatable bonds is 6. The van der Waals surface area contributed by atoms with Crippen molar-refractivity contribution in [3.05, 3.63) is 53.6 Å². The minimum absolute atomic E-state index is 0.0313. The number of imidazole rings is 1. The van der Waals surface area contributed by atoms with Crippen LogP contribution in [0.1, 0.15) is 18.1 Å². The van der Waals surface area contributed by atoms with Gasteiger partial charge in [-0.3, -0.25) is 0 Å². The molecule has 0 aliphatic carbocycles. The van der Waals surface area contributed by atoms with Gasteiger partial charge in [0.05, 0.1) is 22.0 Å². The highest BCUT2D eigenvalue weighted by Crippen LogP contribution is 2.29. The molecule has 0 aliphatic rings. The molecule has 3 aromatic rings. The molecule has 0 spiro atoms. The van der Waals surface area contributed by atoms with E-state index >= 15 is 0 Å². The quantitative estimate of drug-likeness (QED) is 0.640. The maximum absolute atomic E-state index is 11.6. The van der Waals surface area contributed by atoms with E-state index in [1.807, 2.05) is 42.7 Å². The standard InChI is InChI=1S/C19H20N4O2S2/c1-3-23-18-9-8-16(27(21,24)25)11-17(18)22-19(23)26-15(12-20)10-14-6-4-13(2)5-7-14/h4-9,11,15H,3,10H2,1-2H3,(H2,21,24,25). The zero-order chi connectivity index (χ0) is 19.6. The number of primary sulfonamides is 1. The van der Waals surface area contributed by atoms with Crippen molar-refractivity contribution in [3.8, 4) is 6.07 Å². The lowest BCUT2D eigenvalue weighted by Gasteiger charge is -2.10. The fraction of sp³-hybridized carbons (Fsp3) is 0.263. The van der Waals surface area contributed by atoms with Gasteiger partial charge in [-0.2, -0.15) is 5.26 Å². The van der Waals surface area contributed by atoms with Gasteiger partial charge in [0.15, 0.2) is 5.16 Å². The van der Waals surface area contributed by atoms with Gasteiger partial charge in [-0.25, -0.2) is 18.5 Å². The highest BCUT2D eigenvalue weighted by molar-refractivity contribution is 8.00. The van der Waals surface area contributed by atoms with Crippen LogP contribution in [0.3, 0.4) is 0 Å². The molecule has 1 aromatic heterocycles. The lowest BCUT2D eigenvalue weighted by molar-refractivity contribution is 0.598. The summed E-state index contributed by atoms with van der Waals surface area (Å²) in [5.41, 5.74) is 3.64. The fourth-order valence-electron chi connectivity index (χ4n) is 2.84. The van der Waals surface area contributed by atoms with Crippen molar-refractivity contribution in [2.24, 2.45) is 5.14 Å². The average Bonchev–Trinajstić information content (AvgIpc) is 2.98. The summed E-state index contributed by atoms with van der Waals surface area (Å²) < 4.78 is 25.1. The van der Waals surface area contributed by atoms with Crippen LogP contribution >= 0.6 is 11.8 Å². The molecule has 0 saturated heterocycles. The van der Waals surface area contributed by atoms with Gasteiger partial charge in [0.2, 0.25) is 10.0 Å². The predicted molar refractivity (Wildman–Crippen MR) is 107 cm³/mol. The van der Waals surface area contributed by atoms with E-state index in [0.717, 1.165) is 11.1 Å². The van der Waals surface area contributed by atoms with E-state index in [4.69, 9.17) is 5.14 Å². The zero-order valence-corrected chi connectivity index (χ0v) is 16.7. The molecule has 0 fully saturated rings. The van der Waals surface area contributed by atoms with E-state index in [-0.39, 0.29) is 10.1 Å². The molecule has 2 N–H and O–H groups in total. The molecule has 140 valence electrons. The molecular formula is C19H20N4O2S2. The minimum atomic E-state index is -3.78. The molecule has 8 heteroatoms. The Kier molecular flexibility index (Phi) is 5.56. The van der Waals surface area contributed by atoms with Crippen LogP contribution in [0.15, 0.2) is 52.5 Å². The number of nitriles is 1. The largest absolute Gasteiger partial charge is 0.319 e. The lowest BCUT2D eigenvalue weighted by atomic mass is 10.1. The number of nitrogens with two attached hydrogens (primary N) is 1. The Morgan fingerprint density at radius 2 is 1.96 bits per heavy atom. The third-order valence-corrected chi connectivity index (χ3v) is 6.25. The summed E-state index contributed by atoms with van der Waals surface area (Å²) in [5, 5.41) is 15.2. The second-order valence-electron chi connectivity index (χ2n) is 6.26. The van der Waals surface area contributed by atoms with Crippen LogP contribution in [-0.2, 0) is 23.0 Å². The van der Waals surface area contributed by atoms with E-state index in [9.17, 15) is 13.7 Å². The molecule has 0 amide bonds. The highest BCUT2D eigenvalue weighted by Gasteiger charge is 2.18. The number of aromatic nitrogens is 2. The first-order valence-corrected chi connectivity index (χ1v) is 10.9. The van der Waals surface area contributed by atoms with Gasteiger partial charge in [-0.05, 0) is 44.0 Å². The Morgan fingerprint density at radius 1 is 1.26 bits per heavy atom. The number of hydrogen-bond acceptors (Lipinski definition) is 5. The topological polar surface area (TPSA) is 102 Å². The second-order valence-corrected chi connectivity index (χ2v) is 8.99. The Balaban J connectivity index is 1.92. The molecule has 1 heterocycles. The first-order chi connectivity index (χ1) is 12.8. The second kappa shape index (κ2) is 7.72. The Morgan fingerprint density at radius 3 is 2.56 bits per heavy atom. The molecule has 6 nitrogen and oxygen atoms in total. The molecule has 2 aromatic carbocycles. The Labute approximate surface area is 163 Å². The smallest absolute Gasteiger partial charge is 0.238 e. The first kappa shape index (κ1) is 19.4. The third kappa shape index (κ3) is 4.33. The molecule has 1 atom stereocenters. The number of sulfonamides is 1. The number of hydrogen-bond donors (Lipinski definition) is 1. The highest BCUT2D eigenvalue weighted by atomic mass is 32.2. The minimum Gasteiger partial charge on any atom is -0.319 e. The van der Waals surface area contributed by atoms with Crippen LogP contribution in [0.4, 0.5) is 0 Å². The Bertz CT molecular complexity index is 1110. The van der Waals surface area contributed by atoms with Crippen LogP contribution in [0, 0.1) is 18.3 Å². The zero-order valence-electron chi connectivity index (χ0n) is 15.1. The van der Waals surface area contributed by atoms with E-state index < -0.39 is 10.0 Å². The van der Waals surface area contributed by atoms with Crippen LogP contribution in [-0.4, -0.2) is 23.2 Å². The average molecular weight is 401 g/mol. The number of thioether (sulfide) groups is 1. The summed E-state index contributed by atoms with van der Waals surface area (Å²) in [6.45, 7) is 4.68. The first-order valence-electron chi connectivity index (χ1n) is 8.46. The molecule has 0 radical (unpaired) electrons. The van der Waals surface area contributed by atoms with Crippen molar-refractivity contribution < 1.29 is 8.42 Å². The number of fused-ring (bicyclic) bond motifs is 1. The van der Waals surface area contributed by atoms with Gasteiger partial charge >= 0.3 is 0 Å². The summed E-state index contributed by atoms with van der Waals surface area (Å²) >= 11 is 1.39. The molecule has 3 rings (SSSR count). The van der Waals surface area contributed by atoms with Gasteiger partial charge in [0.25, 0.3) is 0 Å². The summed E-state index contributed by atoms with van der Waals surface area (Å²) in [7, 11) is -3.78. The van der Waals surface area contributed by atoms with Gasteiger partial charge in [0, 0.05) is 6.54 Å². The van der Waals surface area contributed by atoms with Gasteiger partial charge in [-0.15, -0.1) is 0 Å². The number of benzene rings is 2. The van der Waals surface area contributed by atoms with Crippen molar-refractivity contribution in [1.82, 2.24) is 9.55 Å². The van der Waals surface area contributed by atoms with Crippen molar-refractivity contribution in [2.75, 3.05) is 0 Å². The lowest BCUT2D eigenvalue weighted by Crippen LogP contribution is -2.11. The van der Waals surface area contributed by atoms with E-state index in [1.54, 1.807) is 6.07 Å². The Hall–Kier alpha value is -2.34. The van der Waals surface area contributed by atoms with Crippen molar-refractivity contribution in [1.29, 1.82) is 5.26 Å². The number of aryl methyl sites for hydroxylation is 2. The maximum Gasteiger partial charge on any atom is 0.238 e. The van der Waals surface area contributed by atoms with Crippen LogP contribution in [0.2, 0.25) is 0 Å². The number of nitrogens with zero attached hydrogens (tertiary/aromatic N) is 3. The van der Waals surface area contributed by atoms with E-state index in [0.29, 0.717) is 23.6 Å². The summed E-state index contributed by atoms with van der Waals surface area (Å²) in [6, 6.07) is 15.1. The maximum atomic E-state index is 11.6. The SMILES string of the molecule is CCn1c(SC(C#N)Cc2ccc(C)cc2)nc2cc(S(N)(=O)=O)ccc21. The third-order valence-electron chi connectivity index (χ3n) is 4.26. The van der Waals surface area contributed by atoms with E-state index in [1.165, 1.54) is 29.5 Å². The van der Waals surface area contributed by atoms with Crippen LogP contribution < -0.4 is 5.14 Å². The van der Waals surface area contributed by atoms with Crippen LogP contribution in [0.5, 0.6) is 0 Å². The van der Waals surface area contributed by atoms with Crippen molar-refractivity contribution in [2.45, 2.75) is 42.1 Å². The van der Waals surface area contributed by atoms with Gasteiger partial charge < -0.3 is 4.57 Å². The van der Waals surface area contributed by atoms with Crippen molar-refractivity contribution >= 4 is 32.8 Å². The van der Waals surface area contributed by atoms with Gasteiger partial charge in [0.1, 0.15) is 5.25 Å².